The molecule has 3 aromatic rings. The average molecular weight is 420 g/mol. The highest BCUT2D eigenvalue weighted by atomic mass is 32.1. The molecule has 1 N–H and O–H groups in total. The number of benzene rings is 1. The maximum atomic E-state index is 13.4. The van der Waals surface area contributed by atoms with E-state index in [9.17, 15) is 4.79 Å². The van der Waals surface area contributed by atoms with Crippen molar-refractivity contribution in [1.82, 2.24) is 14.8 Å². The van der Waals surface area contributed by atoms with Crippen LogP contribution in [0.2, 0.25) is 0 Å². The summed E-state index contributed by atoms with van der Waals surface area (Å²) in [6, 6.07) is 12.9. The number of aryl methyl sites for hydroxylation is 2. The second kappa shape index (κ2) is 7.95. The van der Waals surface area contributed by atoms with Gasteiger partial charge >= 0.3 is 6.03 Å². The second-order valence-electron chi connectivity index (χ2n) is 8.47. The minimum atomic E-state index is -0.101. The van der Waals surface area contributed by atoms with Crippen molar-refractivity contribution >= 4 is 17.4 Å². The fourth-order valence-electron chi connectivity index (χ4n) is 4.82. The SMILES string of the molecule is CCCNC(=O)N1Cc2c(sc3c2CCCC3)-n2cccc2C1c1ccc(C)cc1. The van der Waals surface area contributed by atoms with Gasteiger partial charge in [-0.15, -0.1) is 11.3 Å². The zero-order valence-electron chi connectivity index (χ0n) is 17.8. The van der Waals surface area contributed by atoms with Crippen LogP contribution < -0.4 is 5.32 Å². The monoisotopic (exact) mass is 419 g/mol. The van der Waals surface area contributed by atoms with Crippen LogP contribution in [-0.2, 0) is 19.4 Å². The quantitative estimate of drug-likeness (QED) is 0.577. The van der Waals surface area contributed by atoms with Crippen molar-refractivity contribution in [1.29, 1.82) is 0 Å². The standard InChI is InChI=1S/C25H29N3OS/c1-3-14-26-25(29)28-16-20-19-7-4-5-9-22(19)30-24(20)27-15-6-8-21(27)23(28)18-12-10-17(2)11-13-18/h6,8,10-13,15,23H,3-5,7,9,14,16H2,1-2H3,(H,26,29). The third-order valence-corrected chi connectivity index (χ3v) is 7.69. The van der Waals surface area contributed by atoms with E-state index in [1.54, 1.807) is 0 Å². The van der Waals surface area contributed by atoms with Crippen molar-refractivity contribution in [3.63, 3.8) is 0 Å². The maximum absolute atomic E-state index is 13.4. The van der Waals surface area contributed by atoms with Crippen molar-refractivity contribution in [3.05, 3.63) is 75.4 Å². The molecule has 1 aliphatic heterocycles. The first-order chi connectivity index (χ1) is 14.7. The van der Waals surface area contributed by atoms with Crippen LogP contribution in [0, 0.1) is 6.92 Å². The summed E-state index contributed by atoms with van der Waals surface area (Å²) in [5.74, 6) is 0. The first kappa shape index (κ1) is 19.4. The van der Waals surface area contributed by atoms with Crippen LogP contribution in [0.5, 0.6) is 0 Å². The molecule has 156 valence electrons. The normalized spacial score (nSPS) is 17.7. The molecule has 1 atom stereocenters. The number of thiophene rings is 1. The Balaban J connectivity index is 1.67. The average Bonchev–Trinajstić information content (AvgIpc) is 3.35. The van der Waals surface area contributed by atoms with Gasteiger partial charge in [-0.1, -0.05) is 36.8 Å². The lowest BCUT2D eigenvalue weighted by atomic mass is 9.95. The van der Waals surface area contributed by atoms with Gasteiger partial charge in [0.2, 0.25) is 0 Å². The van der Waals surface area contributed by atoms with Crippen LogP contribution in [-0.4, -0.2) is 22.0 Å². The van der Waals surface area contributed by atoms with Crippen molar-refractivity contribution in [2.45, 2.75) is 58.5 Å². The van der Waals surface area contributed by atoms with E-state index in [4.69, 9.17) is 0 Å². The van der Waals surface area contributed by atoms with Gasteiger partial charge in [0.25, 0.3) is 0 Å². The zero-order chi connectivity index (χ0) is 20.7. The number of carbonyl (C=O) groups is 1. The lowest BCUT2D eigenvalue weighted by molar-refractivity contribution is 0.180. The molecule has 0 spiro atoms. The van der Waals surface area contributed by atoms with E-state index in [1.807, 2.05) is 11.3 Å². The van der Waals surface area contributed by atoms with Gasteiger partial charge in [-0.25, -0.2) is 4.79 Å². The highest BCUT2D eigenvalue weighted by molar-refractivity contribution is 7.15. The minimum absolute atomic E-state index is 0.0267. The van der Waals surface area contributed by atoms with Gasteiger partial charge in [0, 0.05) is 23.2 Å². The molecule has 0 saturated carbocycles. The van der Waals surface area contributed by atoms with Gasteiger partial charge in [0.15, 0.2) is 0 Å². The summed E-state index contributed by atoms with van der Waals surface area (Å²) < 4.78 is 2.34. The van der Waals surface area contributed by atoms with Crippen LogP contribution >= 0.6 is 11.3 Å². The summed E-state index contributed by atoms with van der Waals surface area (Å²) >= 11 is 1.93. The number of rotatable bonds is 3. The van der Waals surface area contributed by atoms with Crippen LogP contribution in [0.3, 0.4) is 0 Å². The minimum Gasteiger partial charge on any atom is -0.338 e. The highest BCUT2D eigenvalue weighted by Crippen LogP contribution is 2.43. The number of hydrogen-bond acceptors (Lipinski definition) is 2. The summed E-state index contributed by atoms with van der Waals surface area (Å²) in [5.41, 5.74) is 6.42. The molecule has 2 aromatic heterocycles. The third kappa shape index (κ3) is 3.25. The number of aromatic nitrogens is 1. The number of hydrogen-bond donors (Lipinski definition) is 1. The molecule has 2 amide bonds. The van der Waals surface area contributed by atoms with Crippen molar-refractivity contribution in [3.8, 4) is 5.00 Å². The lowest BCUT2D eigenvalue weighted by Crippen LogP contribution is -2.42. The molecule has 0 bridgehead atoms. The maximum Gasteiger partial charge on any atom is 0.318 e. The first-order valence-electron chi connectivity index (χ1n) is 11.1. The summed E-state index contributed by atoms with van der Waals surface area (Å²) in [4.78, 5) is 17.0. The molecule has 30 heavy (non-hydrogen) atoms. The van der Waals surface area contributed by atoms with Gasteiger partial charge in [-0.2, -0.15) is 0 Å². The summed E-state index contributed by atoms with van der Waals surface area (Å²) in [6.07, 6.45) is 7.94. The Hall–Kier alpha value is -2.53. The van der Waals surface area contributed by atoms with Crippen LogP contribution in [0.25, 0.3) is 5.00 Å². The number of carbonyl (C=O) groups excluding carboxylic acids is 1. The van der Waals surface area contributed by atoms with Gasteiger partial charge < -0.3 is 14.8 Å². The third-order valence-electron chi connectivity index (χ3n) is 6.36. The predicted molar refractivity (Wildman–Crippen MR) is 123 cm³/mol. The smallest absolute Gasteiger partial charge is 0.318 e. The number of nitrogens with one attached hydrogen (secondary N) is 1. The Morgan fingerprint density at radius 2 is 1.93 bits per heavy atom. The topological polar surface area (TPSA) is 37.3 Å². The Morgan fingerprint density at radius 1 is 1.13 bits per heavy atom. The second-order valence-corrected chi connectivity index (χ2v) is 9.55. The van der Waals surface area contributed by atoms with Gasteiger partial charge in [-0.3, -0.25) is 0 Å². The van der Waals surface area contributed by atoms with Gasteiger partial charge in [-0.05, 0) is 62.3 Å². The summed E-state index contributed by atoms with van der Waals surface area (Å²) in [5, 5.41) is 4.46. The fourth-order valence-corrected chi connectivity index (χ4v) is 6.22. The molecule has 3 heterocycles. The Morgan fingerprint density at radius 3 is 2.73 bits per heavy atom. The summed E-state index contributed by atoms with van der Waals surface area (Å²) in [6.45, 7) is 5.57. The van der Waals surface area contributed by atoms with Gasteiger partial charge in [0.1, 0.15) is 5.00 Å². The molecule has 1 aromatic carbocycles. The lowest BCUT2D eigenvalue weighted by Gasteiger charge is -2.31. The molecule has 0 radical (unpaired) electrons. The van der Waals surface area contributed by atoms with Crippen LogP contribution in [0.1, 0.15) is 65.1 Å². The zero-order valence-corrected chi connectivity index (χ0v) is 18.6. The largest absolute Gasteiger partial charge is 0.338 e. The van der Waals surface area contributed by atoms with Gasteiger partial charge in [0.05, 0.1) is 18.3 Å². The van der Waals surface area contributed by atoms with E-state index in [0.717, 1.165) is 18.4 Å². The Labute approximate surface area is 182 Å². The predicted octanol–water partition coefficient (Wildman–Crippen LogP) is 5.75. The molecule has 2 aliphatic rings. The van der Waals surface area contributed by atoms with E-state index < -0.39 is 0 Å². The Bertz CT molecular complexity index is 1060. The molecule has 1 aliphatic carbocycles. The van der Waals surface area contributed by atoms with E-state index in [1.165, 1.54) is 51.5 Å². The molecule has 4 nitrogen and oxygen atoms in total. The van der Waals surface area contributed by atoms with E-state index in [-0.39, 0.29) is 12.1 Å². The first-order valence-corrected chi connectivity index (χ1v) is 11.9. The Kier molecular flexibility index (Phi) is 5.15. The van der Waals surface area contributed by atoms with E-state index >= 15 is 0 Å². The van der Waals surface area contributed by atoms with Crippen molar-refractivity contribution in [2.75, 3.05) is 6.54 Å². The number of fused-ring (bicyclic) bond motifs is 5. The van der Waals surface area contributed by atoms with E-state index in [0.29, 0.717) is 13.1 Å². The number of urea groups is 1. The number of amides is 2. The highest BCUT2D eigenvalue weighted by Gasteiger charge is 2.35. The molecular formula is C25H29N3OS. The summed E-state index contributed by atoms with van der Waals surface area (Å²) in [7, 11) is 0. The molecule has 0 fully saturated rings. The molecular weight excluding hydrogens is 390 g/mol. The molecule has 0 saturated heterocycles. The molecule has 5 rings (SSSR count). The van der Waals surface area contributed by atoms with Crippen LogP contribution in [0.15, 0.2) is 42.6 Å². The van der Waals surface area contributed by atoms with Crippen molar-refractivity contribution in [2.24, 2.45) is 0 Å². The van der Waals surface area contributed by atoms with Crippen molar-refractivity contribution < 1.29 is 4.79 Å². The number of nitrogens with zero attached hydrogens (tertiary/aromatic N) is 2. The van der Waals surface area contributed by atoms with Crippen LogP contribution in [0.4, 0.5) is 4.79 Å². The molecule has 5 heteroatoms. The van der Waals surface area contributed by atoms with E-state index in [2.05, 4.69) is 71.2 Å². The fraction of sp³-hybridized carbons (Fsp3) is 0.400. The molecule has 1 unspecified atom stereocenters.